The minimum Gasteiger partial charge on any atom is -0.327 e. The van der Waals surface area contributed by atoms with Gasteiger partial charge in [-0.05, 0) is 37.7 Å². The van der Waals surface area contributed by atoms with Gasteiger partial charge in [0.1, 0.15) is 0 Å². The molecule has 2 fully saturated rings. The van der Waals surface area contributed by atoms with E-state index in [1.807, 2.05) is 0 Å². The third kappa shape index (κ3) is 1.05. The van der Waals surface area contributed by atoms with Crippen LogP contribution in [0.3, 0.4) is 0 Å². The van der Waals surface area contributed by atoms with E-state index in [2.05, 4.69) is 31.2 Å². The standard InChI is InChI=1S/C13H17N/c1-9-2-4-10(5-3-9)13(8-12(13)14)11-6-7-11/h2-5,11-12H,6-8,14H2,1H3/t12-,13?/m1/s1. The van der Waals surface area contributed by atoms with E-state index in [-0.39, 0.29) is 0 Å². The predicted molar refractivity (Wildman–Crippen MR) is 58.2 cm³/mol. The van der Waals surface area contributed by atoms with Gasteiger partial charge < -0.3 is 5.73 Å². The van der Waals surface area contributed by atoms with Crippen molar-refractivity contribution >= 4 is 0 Å². The summed E-state index contributed by atoms with van der Waals surface area (Å²) in [7, 11) is 0. The van der Waals surface area contributed by atoms with Crippen LogP contribution in [0.4, 0.5) is 0 Å². The van der Waals surface area contributed by atoms with Crippen LogP contribution in [0.5, 0.6) is 0 Å². The molecule has 0 aromatic heterocycles. The Bertz CT molecular complexity index is 350. The third-order valence-corrected chi connectivity index (χ3v) is 3.95. The zero-order valence-electron chi connectivity index (χ0n) is 8.66. The molecule has 2 atom stereocenters. The summed E-state index contributed by atoms with van der Waals surface area (Å²) in [5.41, 5.74) is 9.32. The molecule has 0 saturated heterocycles. The molecular weight excluding hydrogens is 170 g/mol. The number of nitrogens with two attached hydrogens (primary N) is 1. The van der Waals surface area contributed by atoms with Crippen molar-refractivity contribution < 1.29 is 0 Å². The first-order chi connectivity index (χ1) is 6.73. The summed E-state index contributed by atoms with van der Waals surface area (Å²) in [6, 6.07) is 9.41. The molecule has 1 nitrogen and oxygen atoms in total. The van der Waals surface area contributed by atoms with Crippen molar-refractivity contribution in [1.29, 1.82) is 0 Å². The van der Waals surface area contributed by atoms with Crippen molar-refractivity contribution in [3.8, 4) is 0 Å². The van der Waals surface area contributed by atoms with Gasteiger partial charge in [0.05, 0.1) is 0 Å². The van der Waals surface area contributed by atoms with E-state index in [1.54, 1.807) is 0 Å². The first-order valence-electron chi connectivity index (χ1n) is 5.56. The Kier molecular flexibility index (Phi) is 1.58. The Morgan fingerprint density at radius 2 is 1.79 bits per heavy atom. The minimum absolute atomic E-state index is 0.383. The zero-order chi connectivity index (χ0) is 9.76. The van der Waals surface area contributed by atoms with Gasteiger partial charge in [-0.25, -0.2) is 0 Å². The van der Waals surface area contributed by atoms with Crippen molar-refractivity contribution in [2.45, 2.75) is 37.6 Å². The minimum atomic E-state index is 0.383. The Morgan fingerprint density at radius 1 is 1.21 bits per heavy atom. The molecule has 1 heteroatoms. The summed E-state index contributed by atoms with van der Waals surface area (Å²) in [6.45, 7) is 2.14. The van der Waals surface area contributed by atoms with Crippen molar-refractivity contribution in [2.75, 3.05) is 0 Å². The molecule has 3 rings (SSSR count). The lowest BCUT2D eigenvalue weighted by Crippen LogP contribution is -2.20. The van der Waals surface area contributed by atoms with E-state index in [0.717, 1.165) is 5.92 Å². The van der Waals surface area contributed by atoms with Gasteiger partial charge >= 0.3 is 0 Å². The molecule has 2 N–H and O–H groups in total. The predicted octanol–water partition coefficient (Wildman–Crippen LogP) is 2.37. The second-order valence-corrected chi connectivity index (χ2v) is 4.99. The van der Waals surface area contributed by atoms with Crippen LogP contribution < -0.4 is 5.73 Å². The largest absolute Gasteiger partial charge is 0.327 e. The van der Waals surface area contributed by atoms with Gasteiger partial charge in [0.25, 0.3) is 0 Å². The number of aryl methyl sites for hydroxylation is 1. The van der Waals surface area contributed by atoms with Crippen LogP contribution in [0.1, 0.15) is 30.4 Å². The molecule has 1 aromatic carbocycles. The van der Waals surface area contributed by atoms with Crippen LogP contribution in [-0.4, -0.2) is 6.04 Å². The fourth-order valence-electron chi connectivity index (χ4n) is 2.80. The summed E-state index contributed by atoms with van der Waals surface area (Å²) in [4.78, 5) is 0. The maximum atomic E-state index is 6.11. The Hall–Kier alpha value is -0.820. The van der Waals surface area contributed by atoms with Crippen molar-refractivity contribution in [3.05, 3.63) is 35.4 Å². The van der Waals surface area contributed by atoms with Crippen molar-refractivity contribution in [3.63, 3.8) is 0 Å². The van der Waals surface area contributed by atoms with Crippen LogP contribution in [0.2, 0.25) is 0 Å². The Labute approximate surface area is 85.3 Å². The highest BCUT2D eigenvalue weighted by atomic mass is 14.8. The molecular formula is C13H17N. The molecule has 2 aliphatic rings. The van der Waals surface area contributed by atoms with Crippen molar-refractivity contribution in [2.24, 2.45) is 11.7 Å². The van der Waals surface area contributed by atoms with E-state index in [0.29, 0.717) is 11.5 Å². The molecule has 0 amide bonds. The lowest BCUT2D eigenvalue weighted by Gasteiger charge is -2.16. The van der Waals surface area contributed by atoms with Gasteiger partial charge in [-0.3, -0.25) is 0 Å². The molecule has 14 heavy (non-hydrogen) atoms. The molecule has 74 valence electrons. The molecule has 2 aliphatic carbocycles. The van der Waals surface area contributed by atoms with E-state index in [4.69, 9.17) is 5.73 Å². The third-order valence-electron chi connectivity index (χ3n) is 3.95. The number of rotatable bonds is 2. The monoisotopic (exact) mass is 187 g/mol. The fraction of sp³-hybridized carbons (Fsp3) is 0.538. The van der Waals surface area contributed by atoms with Crippen LogP contribution in [-0.2, 0) is 5.41 Å². The van der Waals surface area contributed by atoms with Crippen LogP contribution in [0, 0.1) is 12.8 Å². The topological polar surface area (TPSA) is 26.0 Å². The van der Waals surface area contributed by atoms with Gasteiger partial charge in [-0.2, -0.15) is 0 Å². The van der Waals surface area contributed by atoms with Crippen LogP contribution >= 0.6 is 0 Å². The summed E-state index contributed by atoms with van der Waals surface area (Å²) in [6.07, 6.45) is 3.99. The van der Waals surface area contributed by atoms with Gasteiger partial charge in [-0.1, -0.05) is 29.8 Å². The van der Waals surface area contributed by atoms with Crippen molar-refractivity contribution in [1.82, 2.24) is 0 Å². The van der Waals surface area contributed by atoms with Crippen LogP contribution in [0.25, 0.3) is 0 Å². The highest BCUT2D eigenvalue weighted by molar-refractivity contribution is 5.40. The highest BCUT2D eigenvalue weighted by Crippen LogP contribution is 2.61. The van der Waals surface area contributed by atoms with E-state index in [1.165, 1.54) is 30.4 Å². The lowest BCUT2D eigenvalue weighted by atomic mass is 9.89. The zero-order valence-corrected chi connectivity index (χ0v) is 8.66. The Morgan fingerprint density at radius 3 is 2.21 bits per heavy atom. The van der Waals surface area contributed by atoms with Gasteiger partial charge in [0.2, 0.25) is 0 Å². The maximum Gasteiger partial charge on any atom is 0.0149 e. The number of hydrogen-bond donors (Lipinski definition) is 1. The normalized spacial score (nSPS) is 35.7. The van der Waals surface area contributed by atoms with E-state index < -0.39 is 0 Å². The fourth-order valence-corrected chi connectivity index (χ4v) is 2.80. The second kappa shape index (κ2) is 2.60. The molecule has 2 saturated carbocycles. The summed E-state index contributed by atoms with van der Waals surface area (Å²) in [5, 5.41) is 0. The Balaban J connectivity index is 1.97. The number of hydrogen-bond acceptors (Lipinski definition) is 1. The average Bonchev–Trinajstić information content (AvgIpc) is 3.01. The first kappa shape index (κ1) is 8.49. The molecule has 1 aromatic rings. The molecule has 0 radical (unpaired) electrons. The van der Waals surface area contributed by atoms with Gasteiger partial charge in [-0.15, -0.1) is 0 Å². The molecule has 0 heterocycles. The number of benzene rings is 1. The highest BCUT2D eigenvalue weighted by Gasteiger charge is 2.61. The van der Waals surface area contributed by atoms with E-state index >= 15 is 0 Å². The SMILES string of the molecule is Cc1ccc(C2(C3CC3)C[C@H]2N)cc1. The van der Waals surface area contributed by atoms with Crippen LogP contribution in [0.15, 0.2) is 24.3 Å². The van der Waals surface area contributed by atoms with Gasteiger partial charge in [0, 0.05) is 11.5 Å². The molecule has 0 aliphatic heterocycles. The molecule has 0 spiro atoms. The lowest BCUT2D eigenvalue weighted by molar-refractivity contribution is 0.573. The second-order valence-electron chi connectivity index (χ2n) is 4.99. The quantitative estimate of drug-likeness (QED) is 0.755. The first-order valence-corrected chi connectivity index (χ1v) is 5.56. The summed E-state index contributed by atoms with van der Waals surface area (Å²) >= 11 is 0. The smallest absolute Gasteiger partial charge is 0.0149 e. The molecule has 1 unspecified atom stereocenters. The maximum absolute atomic E-state index is 6.11. The molecule has 0 bridgehead atoms. The average molecular weight is 187 g/mol. The van der Waals surface area contributed by atoms with E-state index in [9.17, 15) is 0 Å². The van der Waals surface area contributed by atoms with Gasteiger partial charge in [0.15, 0.2) is 0 Å². The summed E-state index contributed by atoms with van der Waals surface area (Å²) < 4.78 is 0. The summed E-state index contributed by atoms with van der Waals surface area (Å²) in [5.74, 6) is 0.889.